The summed E-state index contributed by atoms with van der Waals surface area (Å²) in [5.74, 6) is 0.744. The number of hydrogen-bond donors (Lipinski definition) is 2. The fraction of sp³-hybridized carbons (Fsp3) is 0.600. The zero-order valence-corrected chi connectivity index (χ0v) is 12.2. The molecule has 0 amide bonds. The van der Waals surface area contributed by atoms with Crippen LogP contribution in [0.3, 0.4) is 0 Å². The highest BCUT2D eigenvalue weighted by molar-refractivity contribution is 5.41. The van der Waals surface area contributed by atoms with Crippen molar-refractivity contribution in [1.29, 1.82) is 0 Å². The molecule has 5 heteroatoms. The van der Waals surface area contributed by atoms with Crippen molar-refractivity contribution >= 4 is 5.69 Å². The smallest absolute Gasteiger partial charge is 0.119 e. The summed E-state index contributed by atoms with van der Waals surface area (Å²) in [6, 6.07) is 7.24. The normalized spacial score (nSPS) is 19.5. The standard InChI is InChI=1S/C15H25N3O2/c1-17-7-2-8-18(10-9-17)11-14(19)12-20-15-5-3-13(16)4-6-15/h3-6,14,19H,2,7-12,16H2,1H3. The first-order valence-corrected chi connectivity index (χ1v) is 7.21. The molecule has 1 aliphatic rings. The van der Waals surface area contributed by atoms with Crippen LogP contribution in [-0.2, 0) is 0 Å². The minimum atomic E-state index is -0.462. The van der Waals surface area contributed by atoms with Crippen molar-refractivity contribution in [2.75, 3.05) is 52.1 Å². The summed E-state index contributed by atoms with van der Waals surface area (Å²) in [6.07, 6.45) is 0.693. The van der Waals surface area contributed by atoms with Crippen molar-refractivity contribution in [3.63, 3.8) is 0 Å². The number of hydrogen-bond acceptors (Lipinski definition) is 5. The number of benzene rings is 1. The molecule has 1 unspecified atom stereocenters. The van der Waals surface area contributed by atoms with E-state index in [0.717, 1.165) is 38.3 Å². The molecule has 1 fully saturated rings. The number of ether oxygens (including phenoxy) is 1. The predicted molar refractivity (Wildman–Crippen MR) is 80.9 cm³/mol. The fourth-order valence-corrected chi connectivity index (χ4v) is 2.39. The molecule has 0 aromatic heterocycles. The van der Waals surface area contributed by atoms with Gasteiger partial charge in [-0.1, -0.05) is 0 Å². The first kappa shape index (κ1) is 15.1. The maximum Gasteiger partial charge on any atom is 0.119 e. The van der Waals surface area contributed by atoms with Gasteiger partial charge in [-0.2, -0.15) is 0 Å². The lowest BCUT2D eigenvalue weighted by Crippen LogP contribution is -2.37. The van der Waals surface area contributed by atoms with Gasteiger partial charge in [-0.15, -0.1) is 0 Å². The first-order valence-electron chi connectivity index (χ1n) is 7.21. The molecule has 20 heavy (non-hydrogen) atoms. The molecule has 1 atom stereocenters. The van der Waals surface area contributed by atoms with E-state index < -0.39 is 6.10 Å². The van der Waals surface area contributed by atoms with Crippen LogP contribution >= 0.6 is 0 Å². The van der Waals surface area contributed by atoms with E-state index in [4.69, 9.17) is 10.5 Å². The quantitative estimate of drug-likeness (QED) is 0.775. The molecule has 0 saturated carbocycles. The zero-order valence-electron chi connectivity index (χ0n) is 12.2. The van der Waals surface area contributed by atoms with E-state index in [1.807, 2.05) is 12.1 Å². The van der Waals surface area contributed by atoms with Crippen molar-refractivity contribution in [1.82, 2.24) is 9.80 Å². The van der Waals surface area contributed by atoms with E-state index in [2.05, 4.69) is 16.8 Å². The second-order valence-corrected chi connectivity index (χ2v) is 5.49. The van der Waals surface area contributed by atoms with Gasteiger partial charge in [0, 0.05) is 25.3 Å². The summed E-state index contributed by atoms with van der Waals surface area (Å²) in [5.41, 5.74) is 6.33. The Balaban J connectivity index is 1.71. The molecular weight excluding hydrogens is 254 g/mol. The van der Waals surface area contributed by atoms with Crippen molar-refractivity contribution < 1.29 is 9.84 Å². The largest absolute Gasteiger partial charge is 0.491 e. The number of β-amino-alcohol motifs (C(OH)–C–C–N with tert-alkyl or cyclic N) is 1. The molecule has 1 aliphatic heterocycles. The highest BCUT2D eigenvalue weighted by Gasteiger charge is 2.15. The van der Waals surface area contributed by atoms with E-state index in [1.54, 1.807) is 12.1 Å². The molecule has 2 rings (SSSR count). The summed E-state index contributed by atoms with van der Waals surface area (Å²) < 4.78 is 5.57. The number of nitrogen functional groups attached to an aromatic ring is 1. The van der Waals surface area contributed by atoms with Crippen molar-refractivity contribution in [3.05, 3.63) is 24.3 Å². The molecule has 1 heterocycles. The third-order valence-corrected chi connectivity index (χ3v) is 3.60. The van der Waals surface area contributed by atoms with Gasteiger partial charge in [0.15, 0.2) is 0 Å². The maximum absolute atomic E-state index is 10.1. The molecule has 1 aromatic rings. The van der Waals surface area contributed by atoms with Crippen LogP contribution in [0.4, 0.5) is 5.69 Å². The van der Waals surface area contributed by atoms with Crippen LogP contribution in [0.5, 0.6) is 5.75 Å². The van der Waals surface area contributed by atoms with Gasteiger partial charge in [-0.05, 0) is 50.8 Å². The molecular formula is C15H25N3O2. The molecule has 0 aliphatic carbocycles. The van der Waals surface area contributed by atoms with Gasteiger partial charge in [-0.25, -0.2) is 0 Å². The fourth-order valence-electron chi connectivity index (χ4n) is 2.39. The Kier molecular flexibility index (Phi) is 5.64. The molecule has 112 valence electrons. The van der Waals surface area contributed by atoms with Gasteiger partial charge in [0.25, 0.3) is 0 Å². The summed E-state index contributed by atoms with van der Waals surface area (Å²) in [7, 11) is 2.14. The second-order valence-electron chi connectivity index (χ2n) is 5.49. The Bertz CT molecular complexity index is 397. The molecule has 0 spiro atoms. The van der Waals surface area contributed by atoms with Crippen molar-refractivity contribution in [3.8, 4) is 5.75 Å². The lowest BCUT2D eigenvalue weighted by Gasteiger charge is -2.23. The third kappa shape index (κ3) is 5.00. The number of rotatable bonds is 5. The van der Waals surface area contributed by atoms with Crippen LogP contribution in [0.1, 0.15) is 6.42 Å². The Morgan fingerprint density at radius 3 is 2.70 bits per heavy atom. The molecule has 0 radical (unpaired) electrons. The molecule has 0 bridgehead atoms. The van der Waals surface area contributed by atoms with Gasteiger partial charge in [0.05, 0.1) is 0 Å². The van der Waals surface area contributed by atoms with Crippen LogP contribution in [0, 0.1) is 0 Å². The second kappa shape index (κ2) is 7.47. The van der Waals surface area contributed by atoms with E-state index in [0.29, 0.717) is 18.8 Å². The summed E-state index contributed by atoms with van der Waals surface area (Å²) in [6.45, 7) is 5.23. The van der Waals surface area contributed by atoms with E-state index in [-0.39, 0.29) is 0 Å². The van der Waals surface area contributed by atoms with Crippen LogP contribution < -0.4 is 10.5 Å². The molecule has 1 aromatic carbocycles. The number of anilines is 1. The predicted octanol–water partition coefficient (Wildman–Crippen LogP) is 0.646. The van der Waals surface area contributed by atoms with Gasteiger partial charge in [0.1, 0.15) is 18.5 Å². The first-order chi connectivity index (χ1) is 9.63. The van der Waals surface area contributed by atoms with Gasteiger partial charge in [0.2, 0.25) is 0 Å². The lowest BCUT2D eigenvalue weighted by atomic mass is 10.3. The number of nitrogens with zero attached hydrogens (tertiary/aromatic N) is 2. The van der Waals surface area contributed by atoms with Crippen LogP contribution in [0.2, 0.25) is 0 Å². The van der Waals surface area contributed by atoms with Crippen molar-refractivity contribution in [2.24, 2.45) is 0 Å². The monoisotopic (exact) mass is 279 g/mol. The Labute approximate surface area is 120 Å². The number of likely N-dealkylation sites (N-methyl/N-ethyl adjacent to an activating group) is 1. The Morgan fingerprint density at radius 2 is 1.95 bits per heavy atom. The topological polar surface area (TPSA) is 62.0 Å². The molecule has 3 N–H and O–H groups in total. The molecule has 1 saturated heterocycles. The van der Waals surface area contributed by atoms with Gasteiger partial charge in [-0.3, -0.25) is 4.90 Å². The van der Waals surface area contributed by atoms with E-state index in [9.17, 15) is 5.11 Å². The van der Waals surface area contributed by atoms with Gasteiger partial charge >= 0.3 is 0 Å². The van der Waals surface area contributed by atoms with Crippen LogP contribution in [0.15, 0.2) is 24.3 Å². The Morgan fingerprint density at radius 1 is 1.20 bits per heavy atom. The lowest BCUT2D eigenvalue weighted by molar-refractivity contribution is 0.0696. The van der Waals surface area contributed by atoms with Crippen molar-refractivity contribution in [2.45, 2.75) is 12.5 Å². The summed E-state index contributed by atoms with van der Waals surface area (Å²) in [5, 5.41) is 10.1. The van der Waals surface area contributed by atoms with E-state index in [1.165, 1.54) is 0 Å². The summed E-state index contributed by atoms with van der Waals surface area (Å²) >= 11 is 0. The molecule has 5 nitrogen and oxygen atoms in total. The Hall–Kier alpha value is -1.30. The maximum atomic E-state index is 10.1. The average Bonchev–Trinajstić information content (AvgIpc) is 2.63. The zero-order chi connectivity index (χ0) is 14.4. The highest BCUT2D eigenvalue weighted by Crippen LogP contribution is 2.13. The highest BCUT2D eigenvalue weighted by atomic mass is 16.5. The van der Waals surface area contributed by atoms with Crippen LogP contribution in [-0.4, -0.2) is 67.4 Å². The van der Waals surface area contributed by atoms with E-state index >= 15 is 0 Å². The summed E-state index contributed by atoms with van der Waals surface area (Å²) in [4.78, 5) is 4.64. The number of nitrogens with two attached hydrogens (primary N) is 1. The third-order valence-electron chi connectivity index (χ3n) is 3.60. The number of aliphatic hydroxyl groups excluding tert-OH is 1. The van der Waals surface area contributed by atoms with Gasteiger partial charge < -0.3 is 20.5 Å². The average molecular weight is 279 g/mol. The number of aliphatic hydroxyl groups is 1. The minimum absolute atomic E-state index is 0.316. The van der Waals surface area contributed by atoms with Crippen LogP contribution in [0.25, 0.3) is 0 Å². The minimum Gasteiger partial charge on any atom is -0.491 e. The SMILES string of the molecule is CN1CCCN(CC(O)COc2ccc(N)cc2)CC1.